The minimum absolute atomic E-state index is 0.0232. The number of likely N-dealkylation sites (tertiary alicyclic amines) is 1. The molecule has 6 heteroatoms. The average molecular weight is 388 g/mol. The van der Waals surface area contributed by atoms with Crippen LogP contribution < -0.4 is 0 Å². The third kappa shape index (κ3) is 5.55. The van der Waals surface area contributed by atoms with Gasteiger partial charge in [0.15, 0.2) is 0 Å². The van der Waals surface area contributed by atoms with Crippen molar-refractivity contribution in [3.8, 4) is 0 Å². The van der Waals surface area contributed by atoms with Crippen LogP contribution in [0, 0.1) is 0 Å². The number of carbonyl (C=O) groups excluding carboxylic acids is 2. The maximum atomic E-state index is 12.7. The van der Waals surface area contributed by atoms with Gasteiger partial charge in [0.25, 0.3) is 0 Å². The monoisotopic (exact) mass is 387 g/mol. The van der Waals surface area contributed by atoms with Crippen molar-refractivity contribution < 1.29 is 14.3 Å². The van der Waals surface area contributed by atoms with E-state index in [9.17, 15) is 9.59 Å². The Bertz CT molecular complexity index is 637. The first-order chi connectivity index (χ1) is 13.7. The molecule has 2 saturated heterocycles. The Balaban J connectivity index is 1.43. The molecule has 154 valence electrons. The molecule has 2 heterocycles. The van der Waals surface area contributed by atoms with E-state index in [0.717, 1.165) is 58.4 Å². The molecule has 0 saturated carbocycles. The Morgan fingerprint density at radius 2 is 1.93 bits per heavy atom. The van der Waals surface area contributed by atoms with Crippen LogP contribution in [0.3, 0.4) is 0 Å². The summed E-state index contributed by atoms with van der Waals surface area (Å²) in [6.07, 6.45) is 4.25. The fourth-order valence-electron chi connectivity index (χ4n) is 4.23. The second-order valence-electron chi connectivity index (χ2n) is 7.73. The van der Waals surface area contributed by atoms with Gasteiger partial charge in [0.1, 0.15) is 0 Å². The first-order valence-electron chi connectivity index (χ1n) is 10.5. The predicted molar refractivity (Wildman–Crippen MR) is 109 cm³/mol. The van der Waals surface area contributed by atoms with Gasteiger partial charge in [0.2, 0.25) is 11.8 Å². The summed E-state index contributed by atoms with van der Waals surface area (Å²) in [6, 6.07) is 10.3. The van der Waals surface area contributed by atoms with Crippen molar-refractivity contribution in [2.24, 2.45) is 0 Å². The Hall–Kier alpha value is -1.92. The van der Waals surface area contributed by atoms with E-state index >= 15 is 0 Å². The maximum Gasteiger partial charge on any atom is 0.240 e. The van der Waals surface area contributed by atoms with Crippen molar-refractivity contribution in [1.82, 2.24) is 14.7 Å². The lowest BCUT2D eigenvalue weighted by atomic mass is 10.1. The van der Waals surface area contributed by atoms with Gasteiger partial charge in [-0.3, -0.25) is 14.5 Å². The van der Waals surface area contributed by atoms with Crippen LogP contribution in [-0.4, -0.2) is 85.5 Å². The molecule has 0 N–H and O–H groups in total. The molecular formula is C22H33N3O3. The number of hydrogen-bond acceptors (Lipinski definition) is 4. The minimum Gasteiger partial charge on any atom is -0.383 e. The van der Waals surface area contributed by atoms with E-state index in [1.54, 1.807) is 7.11 Å². The average Bonchev–Trinajstić information content (AvgIpc) is 2.92. The summed E-state index contributed by atoms with van der Waals surface area (Å²) in [4.78, 5) is 31.5. The molecule has 0 bridgehead atoms. The molecule has 2 aliphatic heterocycles. The van der Waals surface area contributed by atoms with Gasteiger partial charge in [-0.2, -0.15) is 0 Å². The van der Waals surface area contributed by atoms with Crippen molar-refractivity contribution in [3.05, 3.63) is 35.9 Å². The normalized spacial score (nSPS) is 21.2. The first kappa shape index (κ1) is 20.8. The minimum atomic E-state index is -0.0232. The van der Waals surface area contributed by atoms with Gasteiger partial charge in [0.05, 0.1) is 12.6 Å². The summed E-state index contributed by atoms with van der Waals surface area (Å²) >= 11 is 0. The van der Waals surface area contributed by atoms with Crippen LogP contribution in [-0.2, 0) is 20.7 Å². The van der Waals surface area contributed by atoms with E-state index in [2.05, 4.69) is 17.0 Å². The van der Waals surface area contributed by atoms with E-state index < -0.39 is 0 Å². The van der Waals surface area contributed by atoms with Crippen molar-refractivity contribution >= 4 is 11.8 Å². The van der Waals surface area contributed by atoms with Crippen LogP contribution >= 0.6 is 0 Å². The number of amides is 2. The predicted octanol–water partition coefficient (Wildman–Crippen LogP) is 1.79. The number of ether oxygens (including phenoxy) is 1. The lowest BCUT2D eigenvalue weighted by Gasteiger charge is -2.26. The molecule has 0 radical (unpaired) electrons. The lowest BCUT2D eigenvalue weighted by Crippen LogP contribution is -2.44. The van der Waals surface area contributed by atoms with Crippen LogP contribution in [0.15, 0.2) is 30.3 Å². The zero-order valence-corrected chi connectivity index (χ0v) is 17.0. The Morgan fingerprint density at radius 1 is 1.11 bits per heavy atom. The number of benzene rings is 1. The Labute approximate surface area is 168 Å². The summed E-state index contributed by atoms with van der Waals surface area (Å²) < 4.78 is 5.10. The van der Waals surface area contributed by atoms with Gasteiger partial charge in [-0.15, -0.1) is 0 Å². The summed E-state index contributed by atoms with van der Waals surface area (Å²) in [5.41, 5.74) is 1.29. The number of methoxy groups -OCH3 is 1. The molecule has 2 amide bonds. The molecule has 28 heavy (non-hydrogen) atoms. The van der Waals surface area contributed by atoms with Gasteiger partial charge >= 0.3 is 0 Å². The van der Waals surface area contributed by atoms with Crippen LogP contribution in [0.25, 0.3) is 0 Å². The molecular weight excluding hydrogens is 354 g/mol. The molecule has 3 rings (SSSR count). The van der Waals surface area contributed by atoms with E-state index in [0.29, 0.717) is 19.6 Å². The van der Waals surface area contributed by atoms with Crippen molar-refractivity contribution in [2.45, 2.75) is 38.1 Å². The van der Waals surface area contributed by atoms with Crippen LogP contribution in [0.4, 0.5) is 0 Å². The third-order valence-electron chi connectivity index (χ3n) is 5.86. The van der Waals surface area contributed by atoms with Crippen molar-refractivity contribution in [1.29, 1.82) is 0 Å². The van der Waals surface area contributed by atoms with E-state index in [1.165, 1.54) is 5.56 Å². The topological polar surface area (TPSA) is 53.1 Å². The fourth-order valence-corrected chi connectivity index (χ4v) is 4.23. The van der Waals surface area contributed by atoms with Gasteiger partial charge in [-0.1, -0.05) is 30.3 Å². The zero-order chi connectivity index (χ0) is 19.8. The summed E-state index contributed by atoms with van der Waals surface area (Å²) in [7, 11) is 1.66. The smallest absolute Gasteiger partial charge is 0.240 e. The van der Waals surface area contributed by atoms with E-state index in [4.69, 9.17) is 4.74 Å². The molecule has 6 nitrogen and oxygen atoms in total. The molecule has 0 aromatic heterocycles. The van der Waals surface area contributed by atoms with Crippen LogP contribution in [0.2, 0.25) is 0 Å². The number of rotatable bonds is 8. The SMILES string of the molecule is COCCN1CCC(N2CCCN(C(=O)CCCc3ccccc3)CC2)C1=O. The number of hydrogen-bond donors (Lipinski definition) is 0. The lowest BCUT2D eigenvalue weighted by molar-refractivity contribution is -0.132. The highest BCUT2D eigenvalue weighted by Gasteiger charge is 2.36. The van der Waals surface area contributed by atoms with Gasteiger partial charge in [0, 0.05) is 52.8 Å². The summed E-state index contributed by atoms with van der Waals surface area (Å²) in [5, 5.41) is 0. The standard InChI is InChI=1S/C22H33N3O3/c1-28-18-17-25-14-11-20(22(25)27)23-12-6-13-24(16-15-23)21(26)10-5-9-19-7-3-2-4-8-19/h2-4,7-8,20H,5-6,9-18H2,1H3. The second kappa shape index (κ2) is 10.6. The number of aryl methyl sites for hydroxylation is 1. The Kier molecular flexibility index (Phi) is 7.86. The summed E-state index contributed by atoms with van der Waals surface area (Å²) in [6.45, 7) is 5.28. The molecule has 1 unspecified atom stereocenters. The molecule has 2 fully saturated rings. The molecule has 1 aromatic carbocycles. The van der Waals surface area contributed by atoms with Crippen LogP contribution in [0.1, 0.15) is 31.2 Å². The summed E-state index contributed by atoms with van der Waals surface area (Å²) in [5.74, 6) is 0.469. The van der Waals surface area contributed by atoms with Crippen molar-refractivity contribution in [2.75, 3.05) is 53.0 Å². The molecule has 0 spiro atoms. The van der Waals surface area contributed by atoms with E-state index in [-0.39, 0.29) is 17.9 Å². The number of carbonyl (C=O) groups is 2. The Morgan fingerprint density at radius 3 is 2.71 bits per heavy atom. The fraction of sp³-hybridized carbons (Fsp3) is 0.636. The zero-order valence-electron chi connectivity index (χ0n) is 17.0. The highest BCUT2D eigenvalue weighted by Crippen LogP contribution is 2.19. The van der Waals surface area contributed by atoms with Crippen molar-refractivity contribution in [3.63, 3.8) is 0 Å². The largest absolute Gasteiger partial charge is 0.383 e. The molecule has 1 atom stereocenters. The van der Waals surface area contributed by atoms with Gasteiger partial charge < -0.3 is 14.5 Å². The molecule has 0 aliphatic carbocycles. The molecule has 2 aliphatic rings. The van der Waals surface area contributed by atoms with Gasteiger partial charge in [-0.05, 0) is 31.2 Å². The number of nitrogens with zero attached hydrogens (tertiary/aromatic N) is 3. The quantitative estimate of drug-likeness (QED) is 0.683. The highest BCUT2D eigenvalue weighted by atomic mass is 16.5. The van der Waals surface area contributed by atoms with Gasteiger partial charge in [-0.25, -0.2) is 0 Å². The maximum absolute atomic E-state index is 12.7. The molecule has 1 aromatic rings. The second-order valence-corrected chi connectivity index (χ2v) is 7.73. The third-order valence-corrected chi connectivity index (χ3v) is 5.86. The van der Waals surface area contributed by atoms with Crippen LogP contribution in [0.5, 0.6) is 0 Å². The first-order valence-corrected chi connectivity index (χ1v) is 10.5. The highest BCUT2D eigenvalue weighted by molar-refractivity contribution is 5.84. The van der Waals surface area contributed by atoms with E-state index in [1.807, 2.05) is 28.0 Å².